The molecule has 0 aliphatic carbocycles. The van der Waals surface area contributed by atoms with Crippen LogP contribution in [0.5, 0.6) is 0 Å². The van der Waals surface area contributed by atoms with Gasteiger partial charge in [0.05, 0.1) is 11.8 Å². The second-order valence-electron chi connectivity index (χ2n) is 8.34. The Morgan fingerprint density at radius 1 is 0.935 bits per heavy atom. The number of rotatable bonds is 6. The molecule has 3 aromatic rings. The maximum atomic E-state index is 12.9. The molecule has 0 bridgehead atoms. The number of likely N-dealkylation sites (tertiary alicyclic amines) is 1. The van der Waals surface area contributed by atoms with E-state index in [2.05, 4.69) is 4.98 Å². The number of piperidine rings is 1. The number of hydrogen-bond donors (Lipinski definition) is 1. The van der Waals surface area contributed by atoms with Gasteiger partial charge in [-0.1, -0.05) is 60.7 Å². The van der Waals surface area contributed by atoms with Gasteiger partial charge in [0, 0.05) is 25.5 Å². The molecule has 158 valence electrons. The minimum absolute atomic E-state index is 0.0449. The summed E-state index contributed by atoms with van der Waals surface area (Å²) >= 11 is 0. The zero-order valence-electron chi connectivity index (χ0n) is 17.5. The summed E-state index contributed by atoms with van der Waals surface area (Å²) in [7, 11) is 0. The Hall–Kier alpha value is -3.47. The number of carbonyl (C=O) groups excluding carboxylic acids is 2. The first-order chi connectivity index (χ1) is 15.1. The van der Waals surface area contributed by atoms with Crippen LogP contribution < -0.4 is 5.73 Å². The van der Waals surface area contributed by atoms with Gasteiger partial charge < -0.3 is 10.6 Å². The van der Waals surface area contributed by atoms with Crippen molar-refractivity contribution in [3.63, 3.8) is 0 Å². The lowest BCUT2D eigenvalue weighted by atomic mass is 9.74. The lowest BCUT2D eigenvalue weighted by Crippen LogP contribution is -2.53. The number of primary amides is 1. The van der Waals surface area contributed by atoms with Crippen LogP contribution in [0.3, 0.4) is 0 Å². The Bertz CT molecular complexity index is 1040. The van der Waals surface area contributed by atoms with Crippen LogP contribution in [-0.2, 0) is 22.4 Å². The van der Waals surface area contributed by atoms with Crippen molar-refractivity contribution in [2.24, 2.45) is 11.1 Å². The van der Waals surface area contributed by atoms with Gasteiger partial charge in [-0.25, -0.2) is 0 Å². The fourth-order valence-electron chi connectivity index (χ4n) is 4.40. The first kappa shape index (κ1) is 20.8. The van der Waals surface area contributed by atoms with Gasteiger partial charge in [0.1, 0.15) is 0 Å². The number of nitrogens with zero attached hydrogens (tertiary/aromatic N) is 2. The van der Waals surface area contributed by atoms with E-state index in [1.54, 1.807) is 6.20 Å². The molecule has 2 heterocycles. The molecule has 5 heteroatoms. The summed E-state index contributed by atoms with van der Waals surface area (Å²) in [6.45, 7) is 1.04. The number of pyridine rings is 1. The molecule has 0 radical (unpaired) electrons. The van der Waals surface area contributed by atoms with Gasteiger partial charge in [0.2, 0.25) is 11.8 Å². The maximum Gasteiger partial charge on any atom is 0.227 e. The normalized spacial score (nSPS) is 18.5. The van der Waals surface area contributed by atoms with Crippen molar-refractivity contribution in [3.8, 4) is 11.1 Å². The number of hydrogen-bond acceptors (Lipinski definition) is 3. The van der Waals surface area contributed by atoms with E-state index in [4.69, 9.17) is 5.73 Å². The van der Waals surface area contributed by atoms with Crippen LogP contribution in [-0.4, -0.2) is 34.8 Å². The van der Waals surface area contributed by atoms with E-state index in [0.717, 1.165) is 28.7 Å². The molecular weight excluding hydrogens is 386 g/mol. The van der Waals surface area contributed by atoms with Crippen LogP contribution in [0.15, 0.2) is 79.1 Å². The SMILES string of the molecule is NC(=O)[C@@]1(Cc2ccc(-c3cccnc3)cc2)CCCN(C(=O)Cc2ccccc2)C1. The highest BCUT2D eigenvalue weighted by atomic mass is 16.2. The largest absolute Gasteiger partial charge is 0.369 e. The molecule has 2 aromatic carbocycles. The molecule has 1 fully saturated rings. The Morgan fingerprint density at radius 2 is 1.71 bits per heavy atom. The van der Waals surface area contributed by atoms with Gasteiger partial charge in [-0.05, 0) is 47.6 Å². The van der Waals surface area contributed by atoms with Crippen molar-refractivity contribution < 1.29 is 9.59 Å². The van der Waals surface area contributed by atoms with Crippen LogP contribution in [0.2, 0.25) is 0 Å². The highest BCUT2D eigenvalue weighted by Gasteiger charge is 2.42. The summed E-state index contributed by atoms with van der Waals surface area (Å²) in [4.78, 5) is 31.4. The summed E-state index contributed by atoms with van der Waals surface area (Å²) in [6.07, 6.45) is 5.93. The van der Waals surface area contributed by atoms with Crippen molar-refractivity contribution in [2.45, 2.75) is 25.7 Å². The molecule has 5 nitrogen and oxygen atoms in total. The molecule has 0 saturated carbocycles. The molecule has 1 aromatic heterocycles. The Morgan fingerprint density at radius 3 is 2.39 bits per heavy atom. The van der Waals surface area contributed by atoms with E-state index in [1.165, 1.54) is 0 Å². The minimum Gasteiger partial charge on any atom is -0.369 e. The number of benzene rings is 2. The Balaban J connectivity index is 1.49. The molecule has 2 N–H and O–H groups in total. The van der Waals surface area contributed by atoms with Crippen LogP contribution in [0.1, 0.15) is 24.0 Å². The number of amides is 2. The fourth-order valence-corrected chi connectivity index (χ4v) is 4.40. The Kier molecular flexibility index (Phi) is 6.12. The molecule has 1 atom stereocenters. The second-order valence-corrected chi connectivity index (χ2v) is 8.34. The van der Waals surface area contributed by atoms with Gasteiger partial charge >= 0.3 is 0 Å². The van der Waals surface area contributed by atoms with E-state index in [1.807, 2.05) is 77.8 Å². The van der Waals surface area contributed by atoms with Crippen LogP contribution in [0.4, 0.5) is 0 Å². The number of nitrogens with two attached hydrogens (primary N) is 1. The molecule has 2 amide bonds. The molecule has 0 spiro atoms. The van der Waals surface area contributed by atoms with Gasteiger partial charge in [-0.15, -0.1) is 0 Å². The number of aromatic nitrogens is 1. The third kappa shape index (κ3) is 4.82. The average Bonchev–Trinajstić information content (AvgIpc) is 2.81. The third-order valence-electron chi connectivity index (χ3n) is 6.14. The topological polar surface area (TPSA) is 76.3 Å². The van der Waals surface area contributed by atoms with Crippen molar-refractivity contribution in [3.05, 3.63) is 90.3 Å². The summed E-state index contributed by atoms with van der Waals surface area (Å²) < 4.78 is 0. The van der Waals surface area contributed by atoms with Gasteiger partial charge in [-0.3, -0.25) is 14.6 Å². The number of carbonyl (C=O) groups is 2. The predicted octanol–water partition coefficient (Wildman–Crippen LogP) is 3.63. The lowest BCUT2D eigenvalue weighted by molar-refractivity contribution is -0.139. The minimum atomic E-state index is -0.736. The zero-order chi connectivity index (χ0) is 21.7. The average molecular weight is 414 g/mol. The standard InChI is InChI=1S/C26H27N3O2/c27-25(31)26(17-21-9-11-22(12-10-21)23-8-4-14-28-18-23)13-5-15-29(19-26)24(30)16-20-6-2-1-3-7-20/h1-4,6-12,14,18H,5,13,15-17,19H2,(H2,27,31)/t26-/m1/s1. The quantitative estimate of drug-likeness (QED) is 0.670. The smallest absolute Gasteiger partial charge is 0.227 e. The lowest BCUT2D eigenvalue weighted by Gasteiger charge is -2.41. The molecule has 31 heavy (non-hydrogen) atoms. The monoisotopic (exact) mass is 413 g/mol. The molecule has 4 rings (SSSR count). The van der Waals surface area contributed by atoms with Crippen molar-refractivity contribution >= 4 is 11.8 Å². The van der Waals surface area contributed by atoms with E-state index in [9.17, 15) is 9.59 Å². The molecule has 1 aliphatic heterocycles. The van der Waals surface area contributed by atoms with E-state index in [-0.39, 0.29) is 11.8 Å². The third-order valence-corrected chi connectivity index (χ3v) is 6.14. The van der Waals surface area contributed by atoms with Crippen LogP contribution >= 0.6 is 0 Å². The fraction of sp³-hybridized carbons (Fsp3) is 0.269. The van der Waals surface area contributed by atoms with E-state index >= 15 is 0 Å². The van der Waals surface area contributed by atoms with Gasteiger partial charge in [0.15, 0.2) is 0 Å². The first-order valence-corrected chi connectivity index (χ1v) is 10.7. The molecule has 0 unspecified atom stereocenters. The maximum absolute atomic E-state index is 12.9. The Labute approximate surface area is 182 Å². The summed E-state index contributed by atoms with van der Waals surface area (Å²) in [5.41, 5.74) is 9.32. The van der Waals surface area contributed by atoms with Gasteiger partial charge in [-0.2, -0.15) is 0 Å². The zero-order valence-corrected chi connectivity index (χ0v) is 17.5. The second kappa shape index (κ2) is 9.13. The summed E-state index contributed by atoms with van der Waals surface area (Å²) in [5.74, 6) is -0.288. The van der Waals surface area contributed by atoms with Gasteiger partial charge in [0.25, 0.3) is 0 Å². The highest BCUT2D eigenvalue weighted by molar-refractivity contribution is 5.84. The summed E-state index contributed by atoms with van der Waals surface area (Å²) in [5, 5.41) is 0. The van der Waals surface area contributed by atoms with Crippen LogP contribution in [0.25, 0.3) is 11.1 Å². The summed E-state index contributed by atoms with van der Waals surface area (Å²) in [6, 6.07) is 21.8. The van der Waals surface area contributed by atoms with Crippen molar-refractivity contribution in [1.82, 2.24) is 9.88 Å². The van der Waals surface area contributed by atoms with Crippen LogP contribution in [0, 0.1) is 5.41 Å². The first-order valence-electron chi connectivity index (χ1n) is 10.7. The molecular formula is C26H27N3O2. The van der Waals surface area contributed by atoms with E-state index in [0.29, 0.717) is 32.4 Å². The molecule has 1 saturated heterocycles. The van der Waals surface area contributed by atoms with Crippen molar-refractivity contribution in [2.75, 3.05) is 13.1 Å². The predicted molar refractivity (Wildman–Crippen MR) is 121 cm³/mol. The van der Waals surface area contributed by atoms with Crippen molar-refractivity contribution in [1.29, 1.82) is 0 Å². The molecule has 1 aliphatic rings. The van der Waals surface area contributed by atoms with E-state index < -0.39 is 5.41 Å². The highest BCUT2D eigenvalue weighted by Crippen LogP contribution is 2.34.